The van der Waals surface area contributed by atoms with E-state index in [4.69, 9.17) is 9.05 Å². The zero-order chi connectivity index (χ0) is 11.4. The molecule has 1 heterocycles. The molecular weight excluding hydrogens is 246 g/mol. The van der Waals surface area contributed by atoms with E-state index in [0.717, 1.165) is 0 Å². The molecule has 0 aromatic rings. The smallest absolute Gasteiger partial charge is 0.344 e. The topological polar surface area (TPSA) is 116 Å². The van der Waals surface area contributed by atoms with Crippen LogP contribution in [0.2, 0.25) is 0 Å². The van der Waals surface area contributed by atoms with Gasteiger partial charge in [-0.05, 0) is 8.93 Å². The average molecular weight is 258 g/mol. The van der Waals surface area contributed by atoms with Crippen LogP contribution in [0.15, 0.2) is 0 Å². The van der Waals surface area contributed by atoms with Gasteiger partial charge in [0.1, 0.15) is 36.6 Å². The van der Waals surface area contributed by atoms with E-state index >= 15 is 0 Å². The highest BCUT2D eigenvalue weighted by Gasteiger charge is 2.56. The summed E-state index contributed by atoms with van der Waals surface area (Å²) in [6, 6.07) is 0. The minimum atomic E-state index is -3.48. The monoisotopic (exact) mass is 258 g/mol. The second-order valence-electron chi connectivity index (χ2n) is 3.64. The van der Waals surface area contributed by atoms with E-state index in [0.29, 0.717) is 0 Å². The van der Waals surface area contributed by atoms with Crippen LogP contribution in [0.1, 0.15) is 0 Å². The lowest BCUT2D eigenvalue weighted by Crippen LogP contribution is -2.66. The Balaban J connectivity index is 2.32. The van der Waals surface area contributed by atoms with Crippen molar-refractivity contribution in [1.29, 1.82) is 0 Å². The summed E-state index contributed by atoms with van der Waals surface area (Å²) in [5.41, 5.74) is 0. The fraction of sp³-hybridized carbons (Fsp3) is 1.00. The van der Waals surface area contributed by atoms with Gasteiger partial charge in [0.05, 0.1) is 0 Å². The summed E-state index contributed by atoms with van der Waals surface area (Å²) in [4.78, 5) is 0. The van der Waals surface area contributed by atoms with E-state index in [9.17, 15) is 25.0 Å². The Morgan fingerprint density at radius 2 is 1.27 bits per heavy atom. The van der Waals surface area contributed by atoms with Crippen LogP contribution in [0.5, 0.6) is 0 Å². The molecule has 5 unspecified atom stereocenters. The second-order valence-corrected chi connectivity index (χ2v) is 7.04. The largest absolute Gasteiger partial charge is 0.387 e. The Morgan fingerprint density at radius 3 is 1.67 bits per heavy atom. The van der Waals surface area contributed by atoms with Crippen molar-refractivity contribution in [3.8, 4) is 0 Å². The molecule has 0 aromatic heterocycles. The predicted molar refractivity (Wildman–Crippen MR) is 51.1 cm³/mol. The quantitative estimate of drug-likeness (QED) is 0.379. The molecule has 0 radical (unpaired) electrons. The van der Waals surface area contributed by atoms with Crippen LogP contribution in [-0.2, 0) is 13.6 Å². The van der Waals surface area contributed by atoms with Crippen LogP contribution in [0.4, 0.5) is 0 Å². The molecule has 0 aromatic carbocycles. The number of aliphatic hydroxyl groups is 4. The lowest BCUT2D eigenvalue weighted by atomic mass is 9.85. The number of rotatable bonds is 0. The first kappa shape index (κ1) is 11.9. The standard InChI is InChI=1S/C6H12O7P2/c7-1-2(8)5-4(10)6(3(1)9)13-15(11,14)12-5/h1-10H,14H2. The zero-order valence-electron chi connectivity index (χ0n) is 7.50. The van der Waals surface area contributed by atoms with Gasteiger partial charge in [-0.25, -0.2) is 0 Å². The van der Waals surface area contributed by atoms with Crippen LogP contribution in [0.3, 0.4) is 0 Å². The Hall–Kier alpha value is 0.420. The number of hydrogen-bond acceptors (Lipinski definition) is 7. The van der Waals surface area contributed by atoms with Crippen molar-refractivity contribution >= 4 is 16.2 Å². The fourth-order valence-corrected chi connectivity index (χ4v) is 3.87. The van der Waals surface area contributed by atoms with Crippen LogP contribution >= 0.6 is 16.2 Å². The first-order chi connectivity index (χ1) is 6.83. The molecule has 2 aliphatic rings. The molecule has 2 bridgehead atoms. The minimum absolute atomic E-state index is 1.22. The molecule has 4 N–H and O–H groups in total. The highest BCUT2D eigenvalue weighted by molar-refractivity contribution is 8.12. The van der Waals surface area contributed by atoms with Crippen LogP contribution in [-0.4, -0.2) is 57.0 Å². The summed E-state index contributed by atoms with van der Waals surface area (Å²) in [5, 5.41) is 37.9. The first-order valence-electron chi connectivity index (χ1n) is 4.31. The van der Waals surface area contributed by atoms with Crippen molar-refractivity contribution in [3.05, 3.63) is 0 Å². The van der Waals surface area contributed by atoms with Crippen molar-refractivity contribution in [2.24, 2.45) is 0 Å². The Kier molecular flexibility index (Phi) is 2.95. The van der Waals surface area contributed by atoms with Crippen molar-refractivity contribution in [2.75, 3.05) is 0 Å². The molecule has 2 fully saturated rings. The molecule has 1 aliphatic heterocycles. The molecular formula is C6H12O7P2. The minimum Gasteiger partial charge on any atom is -0.387 e. The number of aliphatic hydroxyl groups excluding tert-OH is 4. The number of fused-ring (bicyclic) bond motifs is 2. The Morgan fingerprint density at radius 1 is 0.867 bits per heavy atom. The molecule has 5 atom stereocenters. The molecule has 0 amide bonds. The van der Waals surface area contributed by atoms with Gasteiger partial charge in [0, 0.05) is 0 Å². The normalized spacial score (nSPS) is 60.3. The maximum atomic E-state index is 11.5. The van der Waals surface area contributed by atoms with E-state index in [1.54, 1.807) is 0 Å². The third kappa shape index (κ3) is 1.88. The molecule has 1 saturated heterocycles. The van der Waals surface area contributed by atoms with Crippen molar-refractivity contribution < 1.29 is 34.0 Å². The summed E-state index contributed by atoms with van der Waals surface area (Å²) in [7, 11) is -1.65. The molecule has 1 saturated carbocycles. The highest BCUT2D eigenvalue weighted by atomic mass is 32.1. The van der Waals surface area contributed by atoms with Gasteiger partial charge in [0.15, 0.2) is 0 Å². The Labute approximate surface area is 87.6 Å². The third-order valence-corrected chi connectivity index (χ3v) is 4.39. The maximum Gasteiger partial charge on any atom is 0.344 e. The first-order valence-corrected chi connectivity index (χ1v) is 7.47. The van der Waals surface area contributed by atoms with E-state index in [1.165, 1.54) is 0 Å². The van der Waals surface area contributed by atoms with Gasteiger partial charge in [0.2, 0.25) is 0 Å². The second kappa shape index (κ2) is 3.72. The lowest BCUT2D eigenvalue weighted by molar-refractivity contribution is -0.231. The average Bonchev–Trinajstić information content (AvgIpc) is 2.16. The van der Waals surface area contributed by atoms with Crippen molar-refractivity contribution in [2.45, 2.75) is 36.6 Å². The Bertz CT molecular complexity index is 278. The van der Waals surface area contributed by atoms with E-state index in [-0.39, 0.29) is 0 Å². The van der Waals surface area contributed by atoms with E-state index in [2.05, 4.69) is 0 Å². The summed E-state index contributed by atoms with van der Waals surface area (Å²) in [5.74, 6) is 0. The number of hydrogen-bond donors (Lipinski definition) is 4. The van der Waals surface area contributed by atoms with Gasteiger partial charge in [0.25, 0.3) is 0 Å². The molecule has 15 heavy (non-hydrogen) atoms. The van der Waals surface area contributed by atoms with Crippen molar-refractivity contribution in [3.63, 3.8) is 0 Å². The molecule has 7 nitrogen and oxygen atoms in total. The molecule has 88 valence electrons. The van der Waals surface area contributed by atoms with E-state index < -0.39 is 43.9 Å². The summed E-state index contributed by atoms with van der Waals surface area (Å²) in [6.45, 7) is 0. The SMILES string of the molecule is O=P1(P)OC2C(O)C(O)C(O)C(O1)C2O. The van der Waals surface area contributed by atoms with Crippen molar-refractivity contribution in [1.82, 2.24) is 0 Å². The lowest BCUT2D eigenvalue weighted by Gasteiger charge is -2.47. The molecule has 0 spiro atoms. The van der Waals surface area contributed by atoms with E-state index in [1.807, 2.05) is 8.93 Å². The van der Waals surface area contributed by atoms with Crippen LogP contribution in [0, 0.1) is 0 Å². The molecule has 1 aliphatic carbocycles. The van der Waals surface area contributed by atoms with Gasteiger partial charge < -0.3 is 20.4 Å². The van der Waals surface area contributed by atoms with Gasteiger partial charge in [-0.1, -0.05) is 0 Å². The zero-order valence-corrected chi connectivity index (χ0v) is 9.55. The maximum absolute atomic E-state index is 11.5. The highest BCUT2D eigenvalue weighted by Crippen LogP contribution is 2.63. The van der Waals surface area contributed by atoms with Gasteiger partial charge in [-0.2, -0.15) is 0 Å². The van der Waals surface area contributed by atoms with Gasteiger partial charge >= 0.3 is 7.28 Å². The van der Waals surface area contributed by atoms with Crippen LogP contribution in [0.25, 0.3) is 0 Å². The summed E-state index contributed by atoms with van der Waals surface area (Å²) < 4.78 is 21.1. The third-order valence-electron chi connectivity index (χ3n) is 2.58. The molecule has 2 rings (SSSR count). The fourth-order valence-electron chi connectivity index (χ4n) is 1.80. The summed E-state index contributed by atoms with van der Waals surface area (Å²) >= 11 is 0. The van der Waals surface area contributed by atoms with Gasteiger partial charge in [-0.3, -0.25) is 13.6 Å². The van der Waals surface area contributed by atoms with Crippen LogP contribution < -0.4 is 0 Å². The predicted octanol–water partition coefficient (Wildman–Crippen LogP) is -1.79. The molecule has 9 heteroatoms. The summed E-state index contributed by atoms with van der Waals surface area (Å²) in [6.07, 6.45) is -8.24. The van der Waals surface area contributed by atoms with Gasteiger partial charge in [-0.15, -0.1) is 0 Å².